The van der Waals surface area contributed by atoms with Crippen LogP contribution in [0.5, 0.6) is 0 Å². The fourth-order valence-corrected chi connectivity index (χ4v) is 5.87. The van der Waals surface area contributed by atoms with Crippen molar-refractivity contribution in [1.82, 2.24) is 30.7 Å². The number of unbranched alkanes of at least 4 members (excludes halogenated alkanes) is 2. The van der Waals surface area contributed by atoms with Crippen LogP contribution in [0.2, 0.25) is 0 Å². The Kier molecular flexibility index (Phi) is 15.1. The SMILES string of the molecule is CCNCCN(CCNCCN(CCNCCCCCN(CC)C1CCC1)C1CCC1)C1CCC1. The summed E-state index contributed by atoms with van der Waals surface area (Å²) in [6.07, 6.45) is 16.9. The lowest BCUT2D eigenvalue weighted by molar-refractivity contribution is 0.120. The molecular weight excluding hydrogens is 432 g/mol. The molecule has 0 heterocycles. The van der Waals surface area contributed by atoms with Gasteiger partial charge < -0.3 is 20.9 Å². The Balaban J connectivity index is 1.18. The maximum Gasteiger partial charge on any atom is 0.0110 e. The van der Waals surface area contributed by atoms with Gasteiger partial charge in [0.05, 0.1) is 0 Å². The van der Waals surface area contributed by atoms with E-state index in [1.54, 1.807) is 0 Å². The first-order valence-electron chi connectivity index (χ1n) is 15.7. The first kappa shape index (κ1) is 29.3. The Hall–Kier alpha value is -0.240. The highest BCUT2D eigenvalue weighted by molar-refractivity contribution is 4.83. The van der Waals surface area contributed by atoms with Gasteiger partial charge in [-0.25, -0.2) is 0 Å². The first-order valence-corrected chi connectivity index (χ1v) is 15.7. The highest BCUT2D eigenvalue weighted by atomic mass is 15.2. The van der Waals surface area contributed by atoms with Crippen LogP contribution in [0.1, 0.15) is 90.9 Å². The minimum Gasteiger partial charge on any atom is -0.316 e. The normalized spacial score (nSPS) is 19.5. The molecule has 0 aromatic rings. The van der Waals surface area contributed by atoms with Gasteiger partial charge in [0, 0.05) is 70.5 Å². The maximum absolute atomic E-state index is 3.77. The molecule has 0 aromatic carbocycles. The minimum atomic E-state index is 0.844. The summed E-state index contributed by atoms with van der Waals surface area (Å²) < 4.78 is 0. The molecular formula is C29H60N6. The van der Waals surface area contributed by atoms with E-state index in [1.165, 1.54) is 123 Å². The van der Waals surface area contributed by atoms with Crippen molar-refractivity contribution in [3.63, 3.8) is 0 Å². The molecule has 6 heteroatoms. The predicted octanol–water partition coefficient (Wildman–Crippen LogP) is 3.53. The number of likely N-dealkylation sites (N-methyl/N-ethyl adjacent to an activating group) is 1. The Labute approximate surface area is 218 Å². The van der Waals surface area contributed by atoms with Gasteiger partial charge in [-0.3, -0.25) is 9.80 Å². The molecule has 6 nitrogen and oxygen atoms in total. The predicted molar refractivity (Wildman–Crippen MR) is 151 cm³/mol. The van der Waals surface area contributed by atoms with Crippen molar-refractivity contribution >= 4 is 0 Å². The molecule has 0 bridgehead atoms. The van der Waals surface area contributed by atoms with E-state index in [2.05, 4.69) is 44.5 Å². The fraction of sp³-hybridized carbons (Fsp3) is 1.00. The second-order valence-corrected chi connectivity index (χ2v) is 11.4. The lowest BCUT2D eigenvalue weighted by atomic mass is 9.91. The average molecular weight is 493 g/mol. The molecule has 0 aliphatic heterocycles. The molecule has 206 valence electrons. The van der Waals surface area contributed by atoms with Crippen molar-refractivity contribution < 1.29 is 0 Å². The van der Waals surface area contributed by atoms with Crippen molar-refractivity contribution in [3.05, 3.63) is 0 Å². The molecule has 3 aliphatic rings. The van der Waals surface area contributed by atoms with Gasteiger partial charge in [0.25, 0.3) is 0 Å². The summed E-state index contributed by atoms with van der Waals surface area (Å²) in [7, 11) is 0. The summed E-state index contributed by atoms with van der Waals surface area (Å²) in [4.78, 5) is 8.20. The van der Waals surface area contributed by atoms with Crippen LogP contribution in [0.4, 0.5) is 0 Å². The van der Waals surface area contributed by atoms with Gasteiger partial charge in [0.2, 0.25) is 0 Å². The zero-order chi connectivity index (χ0) is 24.6. The third-order valence-electron chi connectivity index (χ3n) is 9.03. The summed E-state index contributed by atoms with van der Waals surface area (Å²) in [6, 6.07) is 2.60. The topological polar surface area (TPSA) is 45.8 Å². The molecule has 0 radical (unpaired) electrons. The van der Waals surface area contributed by atoms with Crippen molar-refractivity contribution in [2.45, 2.75) is 109 Å². The van der Waals surface area contributed by atoms with E-state index in [9.17, 15) is 0 Å². The van der Waals surface area contributed by atoms with Crippen LogP contribution < -0.4 is 16.0 Å². The van der Waals surface area contributed by atoms with Gasteiger partial charge >= 0.3 is 0 Å². The molecule has 0 saturated heterocycles. The van der Waals surface area contributed by atoms with Crippen LogP contribution >= 0.6 is 0 Å². The van der Waals surface area contributed by atoms with E-state index in [0.717, 1.165) is 50.8 Å². The van der Waals surface area contributed by atoms with Crippen LogP contribution in [0.25, 0.3) is 0 Å². The summed E-state index contributed by atoms with van der Waals surface area (Å²) in [6.45, 7) is 18.8. The van der Waals surface area contributed by atoms with Crippen molar-refractivity contribution in [1.29, 1.82) is 0 Å². The van der Waals surface area contributed by atoms with Gasteiger partial charge in [-0.1, -0.05) is 39.5 Å². The van der Waals surface area contributed by atoms with Crippen molar-refractivity contribution in [2.24, 2.45) is 0 Å². The minimum absolute atomic E-state index is 0.844. The lowest BCUT2D eigenvalue weighted by Crippen LogP contribution is -2.48. The Bertz CT molecular complexity index is 505. The Morgan fingerprint density at radius 2 is 0.943 bits per heavy atom. The number of hydrogen-bond acceptors (Lipinski definition) is 6. The molecule has 3 rings (SSSR count). The number of hydrogen-bond donors (Lipinski definition) is 3. The third kappa shape index (κ3) is 11.0. The first-order chi connectivity index (χ1) is 17.3. The molecule has 3 N–H and O–H groups in total. The zero-order valence-electron chi connectivity index (χ0n) is 23.5. The van der Waals surface area contributed by atoms with Crippen LogP contribution in [0.3, 0.4) is 0 Å². The number of nitrogens with zero attached hydrogens (tertiary/aromatic N) is 3. The highest BCUT2D eigenvalue weighted by Gasteiger charge is 2.25. The molecule has 0 atom stereocenters. The van der Waals surface area contributed by atoms with E-state index in [4.69, 9.17) is 0 Å². The largest absolute Gasteiger partial charge is 0.316 e. The molecule has 0 spiro atoms. The van der Waals surface area contributed by atoms with Gasteiger partial charge in [-0.2, -0.15) is 0 Å². The molecule has 0 unspecified atom stereocenters. The van der Waals surface area contributed by atoms with Crippen LogP contribution in [-0.4, -0.2) is 111 Å². The van der Waals surface area contributed by atoms with E-state index in [-0.39, 0.29) is 0 Å². The summed E-state index contributed by atoms with van der Waals surface area (Å²) in [5, 5.41) is 11.0. The lowest BCUT2D eigenvalue weighted by Gasteiger charge is -2.38. The van der Waals surface area contributed by atoms with Gasteiger partial charge in [0.15, 0.2) is 0 Å². The van der Waals surface area contributed by atoms with Crippen molar-refractivity contribution in [3.8, 4) is 0 Å². The quantitative estimate of drug-likeness (QED) is 0.190. The molecule has 0 aromatic heterocycles. The van der Waals surface area contributed by atoms with Gasteiger partial charge in [-0.15, -0.1) is 0 Å². The standard InChI is InChI=1S/C29H60N6/c1-3-30-18-23-34(28-13-9-14-28)25-20-32-21-26-35(29-15-10-16-29)24-19-31-17-6-5-7-22-33(4-2)27-11-8-12-27/h27-32H,3-26H2,1-2H3. The second-order valence-electron chi connectivity index (χ2n) is 11.4. The number of nitrogens with one attached hydrogen (secondary N) is 3. The molecule has 0 amide bonds. The highest BCUT2D eigenvalue weighted by Crippen LogP contribution is 2.26. The molecule has 35 heavy (non-hydrogen) atoms. The smallest absolute Gasteiger partial charge is 0.0110 e. The zero-order valence-corrected chi connectivity index (χ0v) is 23.5. The van der Waals surface area contributed by atoms with Crippen molar-refractivity contribution in [2.75, 3.05) is 78.5 Å². The second kappa shape index (κ2) is 18.1. The summed E-state index contributed by atoms with van der Waals surface area (Å²) in [5.74, 6) is 0. The number of rotatable bonds is 23. The molecule has 3 saturated carbocycles. The van der Waals surface area contributed by atoms with Crippen LogP contribution in [0, 0.1) is 0 Å². The van der Waals surface area contributed by atoms with Gasteiger partial charge in [0.1, 0.15) is 0 Å². The summed E-state index contributed by atoms with van der Waals surface area (Å²) >= 11 is 0. The van der Waals surface area contributed by atoms with E-state index < -0.39 is 0 Å². The summed E-state index contributed by atoms with van der Waals surface area (Å²) in [5.41, 5.74) is 0. The van der Waals surface area contributed by atoms with E-state index in [0.29, 0.717) is 0 Å². The maximum atomic E-state index is 3.77. The monoisotopic (exact) mass is 492 g/mol. The third-order valence-corrected chi connectivity index (χ3v) is 9.03. The fourth-order valence-electron chi connectivity index (χ4n) is 5.87. The average Bonchev–Trinajstić information content (AvgIpc) is 2.75. The van der Waals surface area contributed by atoms with Crippen LogP contribution in [-0.2, 0) is 0 Å². The van der Waals surface area contributed by atoms with E-state index >= 15 is 0 Å². The molecule has 3 fully saturated rings. The van der Waals surface area contributed by atoms with Crippen LogP contribution in [0.15, 0.2) is 0 Å². The Morgan fingerprint density at radius 3 is 1.37 bits per heavy atom. The molecule has 3 aliphatic carbocycles. The Morgan fingerprint density at radius 1 is 0.486 bits per heavy atom. The van der Waals surface area contributed by atoms with Gasteiger partial charge in [-0.05, 0) is 77.5 Å². The van der Waals surface area contributed by atoms with E-state index in [1.807, 2.05) is 0 Å².